The van der Waals surface area contributed by atoms with Crippen LogP contribution in [0.3, 0.4) is 0 Å². The fraction of sp³-hybridized carbons (Fsp3) is 0.286. The first-order chi connectivity index (χ1) is 9.15. The van der Waals surface area contributed by atoms with Crippen LogP contribution in [0.2, 0.25) is 0 Å². The zero-order valence-corrected chi connectivity index (χ0v) is 11.8. The number of amides is 1. The van der Waals surface area contributed by atoms with E-state index in [0.29, 0.717) is 13.2 Å². The number of thiazole rings is 1. The van der Waals surface area contributed by atoms with Crippen LogP contribution < -0.4 is 0 Å². The third kappa shape index (κ3) is 4.06. The predicted octanol–water partition coefficient (Wildman–Crippen LogP) is 3.22. The normalized spacial score (nSPS) is 10.2. The van der Waals surface area contributed by atoms with Crippen LogP contribution in [0.15, 0.2) is 35.7 Å². The van der Waals surface area contributed by atoms with Crippen LogP contribution in [-0.4, -0.2) is 23.0 Å². The van der Waals surface area contributed by atoms with Crippen molar-refractivity contribution in [3.63, 3.8) is 0 Å². The lowest BCUT2D eigenvalue weighted by molar-refractivity contribution is 0.102. The van der Waals surface area contributed by atoms with E-state index in [9.17, 15) is 4.79 Å². The summed E-state index contributed by atoms with van der Waals surface area (Å²) in [5.41, 5.74) is 1.87. The van der Waals surface area contributed by atoms with Crippen molar-refractivity contribution in [1.29, 1.82) is 0 Å². The molecule has 1 amide bonds. The predicted molar refractivity (Wildman–Crippen MR) is 74.9 cm³/mol. The summed E-state index contributed by atoms with van der Waals surface area (Å²) < 4.78 is 5.23. The van der Waals surface area contributed by atoms with Gasteiger partial charge in [0.15, 0.2) is 0 Å². The van der Waals surface area contributed by atoms with Gasteiger partial charge in [-0.1, -0.05) is 30.3 Å². The largest absolute Gasteiger partial charge is 0.445 e. The highest BCUT2D eigenvalue weighted by Crippen LogP contribution is 2.10. The standard InChI is InChI=1S/C14H16N2O2S/c1-11-15-13(10-19-11)8-16(2)14(17)18-9-12-6-4-3-5-7-12/h3-7,10H,8-9H2,1-2H3. The summed E-state index contributed by atoms with van der Waals surface area (Å²) in [5, 5.41) is 2.96. The Morgan fingerprint density at radius 2 is 2.11 bits per heavy atom. The van der Waals surface area contributed by atoms with Crippen molar-refractivity contribution < 1.29 is 9.53 Å². The minimum atomic E-state index is -0.338. The molecule has 19 heavy (non-hydrogen) atoms. The highest BCUT2D eigenvalue weighted by Gasteiger charge is 2.12. The molecule has 0 saturated carbocycles. The maximum Gasteiger partial charge on any atom is 0.410 e. The Bertz CT molecular complexity index is 539. The van der Waals surface area contributed by atoms with Crippen molar-refractivity contribution in [1.82, 2.24) is 9.88 Å². The molecule has 0 bridgehead atoms. The van der Waals surface area contributed by atoms with Gasteiger partial charge in [-0.2, -0.15) is 0 Å². The molecule has 2 aromatic rings. The van der Waals surface area contributed by atoms with Crippen molar-refractivity contribution in [2.45, 2.75) is 20.1 Å². The first-order valence-corrected chi connectivity index (χ1v) is 6.86. The molecule has 5 heteroatoms. The molecule has 0 aliphatic carbocycles. The maximum absolute atomic E-state index is 11.8. The summed E-state index contributed by atoms with van der Waals surface area (Å²) >= 11 is 1.58. The van der Waals surface area contributed by atoms with Gasteiger partial charge in [-0.05, 0) is 12.5 Å². The average Bonchev–Trinajstić information content (AvgIpc) is 2.82. The maximum atomic E-state index is 11.8. The van der Waals surface area contributed by atoms with Crippen molar-refractivity contribution in [2.24, 2.45) is 0 Å². The van der Waals surface area contributed by atoms with Gasteiger partial charge in [0, 0.05) is 12.4 Å². The lowest BCUT2D eigenvalue weighted by Crippen LogP contribution is -2.27. The highest BCUT2D eigenvalue weighted by molar-refractivity contribution is 7.09. The summed E-state index contributed by atoms with van der Waals surface area (Å²) in [4.78, 5) is 17.7. The summed E-state index contributed by atoms with van der Waals surface area (Å²) in [6, 6.07) is 9.63. The Kier molecular flexibility index (Phi) is 4.52. The van der Waals surface area contributed by atoms with Gasteiger partial charge in [-0.3, -0.25) is 0 Å². The molecule has 0 saturated heterocycles. The second kappa shape index (κ2) is 6.33. The van der Waals surface area contributed by atoms with Crippen LogP contribution in [0.1, 0.15) is 16.3 Å². The van der Waals surface area contributed by atoms with Gasteiger partial charge in [0.25, 0.3) is 0 Å². The Labute approximate surface area is 116 Å². The number of nitrogens with zero attached hydrogens (tertiary/aromatic N) is 2. The monoisotopic (exact) mass is 276 g/mol. The fourth-order valence-corrected chi connectivity index (χ4v) is 2.22. The van der Waals surface area contributed by atoms with Crippen LogP contribution in [0.5, 0.6) is 0 Å². The van der Waals surface area contributed by atoms with Crippen molar-refractivity contribution in [3.05, 3.63) is 52.0 Å². The van der Waals surface area contributed by atoms with Gasteiger partial charge < -0.3 is 9.64 Å². The summed E-state index contributed by atoms with van der Waals surface area (Å²) in [5.74, 6) is 0. The second-order valence-electron chi connectivity index (χ2n) is 4.25. The molecule has 0 spiro atoms. The first-order valence-electron chi connectivity index (χ1n) is 5.98. The molecule has 0 atom stereocenters. The van der Waals surface area contributed by atoms with Crippen LogP contribution in [0.4, 0.5) is 4.79 Å². The third-order valence-electron chi connectivity index (χ3n) is 2.58. The van der Waals surface area contributed by atoms with E-state index in [4.69, 9.17) is 4.74 Å². The molecule has 4 nitrogen and oxygen atoms in total. The first kappa shape index (κ1) is 13.5. The third-order valence-corrected chi connectivity index (χ3v) is 3.40. The number of hydrogen-bond donors (Lipinski definition) is 0. The highest BCUT2D eigenvalue weighted by atomic mass is 32.1. The molecule has 0 aliphatic heterocycles. The van der Waals surface area contributed by atoms with Gasteiger partial charge in [0.05, 0.1) is 17.2 Å². The van der Waals surface area contributed by atoms with Gasteiger partial charge in [-0.25, -0.2) is 9.78 Å². The van der Waals surface area contributed by atoms with Crippen LogP contribution in [-0.2, 0) is 17.9 Å². The summed E-state index contributed by atoms with van der Waals surface area (Å²) in [6.07, 6.45) is -0.338. The van der Waals surface area contributed by atoms with E-state index in [1.165, 1.54) is 4.90 Å². The molecule has 100 valence electrons. The molecule has 1 heterocycles. The van der Waals surface area contributed by atoms with Gasteiger partial charge >= 0.3 is 6.09 Å². The van der Waals surface area contributed by atoms with E-state index in [1.54, 1.807) is 18.4 Å². The van der Waals surface area contributed by atoms with Crippen LogP contribution in [0, 0.1) is 6.92 Å². The van der Waals surface area contributed by atoms with E-state index in [1.807, 2.05) is 42.6 Å². The summed E-state index contributed by atoms with van der Waals surface area (Å²) in [7, 11) is 1.71. The topological polar surface area (TPSA) is 42.4 Å². The van der Waals surface area contributed by atoms with E-state index in [2.05, 4.69) is 4.98 Å². The Hall–Kier alpha value is -1.88. The van der Waals surface area contributed by atoms with Crippen molar-refractivity contribution in [2.75, 3.05) is 7.05 Å². The molecule has 1 aromatic carbocycles. The molecule has 0 unspecified atom stereocenters. The number of benzene rings is 1. The number of rotatable bonds is 4. The molecule has 0 fully saturated rings. The molecule has 0 aliphatic rings. The molecule has 0 N–H and O–H groups in total. The lowest BCUT2D eigenvalue weighted by atomic mass is 10.2. The van der Waals surface area contributed by atoms with E-state index in [-0.39, 0.29) is 6.09 Å². The van der Waals surface area contributed by atoms with Crippen molar-refractivity contribution >= 4 is 17.4 Å². The number of aromatic nitrogens is 1. The average molecular weight is 276 g/mol. The zero-order chi connectivity index (χ0) is 13.7. The number of hydrogen-bond acceptors (Lipinski definition) is 4. The Morgan fingerprint density at radius 1 is 1.37 bits per heavy atom. The smallest absolute Gasteiger partial charge is 0.410 e. The minimum absolute atomic E-state index is 0.292. The van der Waals surface area contributed by atoms with Gasteiger partial charge in [0.1, 0.15) is 6.61 Å². The van der Waals surface area contributed by atoms with Crippen LogP contribution >= 0.6 is 11.3 Å². The number of ether oxygens (including phenoxy) is 1. The number of carbonyl (C=O) groups excluding carboxylic acids is 1. The molecule has 0 radical (unpaired) electrons. The quantitative estimate of drug-likeness (QED) is 0.861. The van der Waals surface area contributed by atoms with E-state index < -0.39 is 0 Å². The molecular formula is C14H16N2O2S. The fourth-order valence-electron chi connectivity index (χ4n) is 1.62. The minimum Gasteiger partial charge on any atom is -0.445 e. The second-order valence-corrected chi connectivity index (χ2v) is 5.32. The Balaban J connectivity index is 1.82. The van der Waals surface area contributed by atoms with Gasteiger partial charge in [0.2, 0.25) is 0 Å². The van der Waals surface area contributed by atoms with E-state index >= 15 is 0 Å². The lowest BCUT2D eigenvalue weighted by Gasteiger charge is -2.15. The van der Waals surface area contributed by atoms with Crippen molar-refractivity contribution in [3.8, 4) is 0 Å². The molecule has 2 rings (SSSR count). The summed E-state index contributed by atoms with van der Waals surface area (Å²) in [6.45, 7) is 2.71. The Morgan fingerprint density at radius 3 is 2.74 bits per heavy atom. The van der Waals surface area contributed by atoms with Crippen LogP contribution in [0.25, 0.3) is 0 Å². The van der Waals surface area contributed by atoms with E-state index in [0.717, 1.165) is 16.3 Å². The number of aryl methyl sites for hydroxylation is 1. The SMILES string of the molecule is Cc1nc(CN(C)C(=O)OCc2ccccc2)cs1. The zero-order valence-electron chi connectivity index (χ0n) is 11.0. The molecule has 1 aromatic heterocycles. The van der Waals surface area contributed by atoms with Gasteiger partial charge in [-0.15, -0.1) is 11.3 Å². The number of carbonyl (C=O) groups is 1. The molecular weight excluding hydrogens is 260 g/mol.